The fourth-order valence-electron chi connectivity index (χ4n) is 2.44. The van der Waals surface area contributed by atoms with Crippen LogP contribution >= 0.6 is 0 Å². The Morgan fingerprint density at radius 1 is 1.30 bits per heavy atom. The molecule has 0 radical (unpaired) electrons. The molecule has 1 amide bonds. The highest BCUT2D eigenvalue weighted by Crippen LogP contribution is 2.17. The highest BCUT2D eigenvalue weighted by atomic mass is 16.4. The summed E-state index contributed by atoms with van der Waals surface area (Å²) in [6, 6.07) is 4.03. The lowest BCUT2D eigenvalue weighted by Crippen LogP contribution is -2.42. The minimum atomic E-state index is -0.743. The summed E-state index contributed by atoms with van der Waals surface area (Å²) in [4.78, 5) is 24.7. The van der Waals surface area contributed by atoms with Crippen LogP contribution in [0.4, 0.5) is 0 Å². The highest BCUT2D eigenvalue weighted by molar-refractivity contribution is 5.76. The predicted octanol–water partition coefficient (Wildman–Crippen LogP) is 0.996. The van der Waals surface area contributed by atoms with Crippen LogP contribution in [0, 0.1) is 12.8 Å². The number of aliphatic carboxylic acids is 1. The van der Waals surface area contributed by atoms with E-state index < -0.39 is 5.97 Å². The number of hydrogen-bond acceptors (Lipinski definition) is 2. The van der Waals surface area contributed by atoms with Crippen molar-refractivity contribution in [1.82, 2.24) is 4.90 Å². The van der Waals surface area contributed by atoms with E-state index in [1.165, 1.54) is 5.56 Å². The summed E-state index contributed by atoms with van der Waals surface area (Å²) in [5.74, 6) is -0.917. The van der Waals surface area contributed by atoms with Crippen molar-refractivity contribution in [3.8, 4) is 0 Å². The average Bonchev–Trinajstić information content (AvgIpc) is 2.46. The second kappa shape index (κ2) is 6.50. The second-order valence-corrected chi connectivity index (χ2v) is 5.36. The summed E-state index contributed by atoms with van der Waals surface area (Å²) in [6.45, 7) is 3.82. The minimum absolute atomic E-state index is 0.113. The first kappa shape index (κ1) is 14.5. The van der Waals surface area contributed by atoms with E-state index in [2.05, 4.69) is 0 Å². The van der Waals surface area contributed by atoms with E-state index in [9.17, 15) is 9.59 Å². The Morgan fingerprint density at radius 3 is 2.45 bits per heavy atom. The van der Waals surface area contributed by atoms with Crippen LogP contribution < -0.4 is 4.57 Å². The maximum atomic E-state index is 12.1. The zero-order valence-corrected chi connectivity index (χ0v) is 11.8. The van der Waals surface area contributed by atoms with E-state index >= 15 is 0 Å². The van der Waals surface area contributed by atoms with E-state index in [0.717, 1.165) is 0 Å². The molecule has 1 aromatic rings. The lowest BCUT2D eigenvalue weighted by Gasteiger charge is -2.29. The molecule has 2 heterocycles. The van der Waals surface area contributed by atoms with Gasteiger partial charge in [0.1, 0.15) is 0 Å². The number of carboxylic acid groups (broad SMARTS) is 1. The fraction of sp³-hybridized carbons (Fsp3) is 0.533. The molecule has 1 N–H and O–H groups in total. The highest BCUT2D eigenvalue weighted by Gasteiger charge is 2.27. The molecule has 0 aromatic carbocycles. The van der Waals surface area contributed by atoms with E-state index in [0.29, 0.717) is 38.9 Å². The number of nitrogens with zero attached hydrogens (tertiary/aromatic N) is 2. The van der Waals surface area contributed by atoms with Crippen molar-refractivity contribution in [3.63, 3.8) is 0 Å². The van der Waals surface area contributed by atoms with Gasteiger partial charge in [-0.25, -0.2) is 4.57 Å². The summed E-state index contributed by atoms with van der Waals surface area (Å²) in [5, 5.41) is 8.93. The average molecular weight is 277 g/mol. The van der Waals surface area contributed by atoms with Crippen LogP contribution in [0.15, 0.2) is 24.5 Å². The first-order valence-corrected chi connectivity index (χ1v) is 7.02. The van der Waals surface area contributed by atoms with Crippen molar-refractivity contribution >= 4 is 11.9 Å². The molecule has 2 rings (SSSR count). The molecule has 1 aliphatic heterocycles. The summed E-state index contributed by atoms with van der Waals surface area (Å²) < 4.78 is 1.99. The summed E-state index contributed by atoms with van der Waals surface area (Å²) in [6.07, 6.45) is 5.54. The molecule has 0 atom stereocenters. The third kappa shape index (κ3) is 3.79. The van der Waals surface area contributed by atoms with Crippen LogP contribution in [0.5, 0.6) is 0 Å². The number of piperidine rings is 1. The van der Waals surface area contributed by atoms with Crippen molar-refractivity contribution < 1.29 is 19.3 Å². The van der Waals surface area contributed by atoms with E-state index in [4.69, 9.17) is 5.11 Å². The molecule has 5 heteroatoms. The zero-order valence-electron chi connectivity index (χ0n) is 11.8. The summed E-state index contributed by atoms with van der Waals surface area (Å²) in [7, 11) is 0. The number of rotatable bonds is 4. The van der Waals surface area contributed by atoms with Crippen LogP contribution in [0.25, 0.3) is 0 Å². The number of likely N-dealkylation sites (tertiary alicyclic amines) is 1. The molecule has 20 heavy (non-hydrogen) atoms. The number of pyridine rings is 1. The van der Waals surface area contributed by atoms with Crippen LogP contribution in [-0.2, 0) is 16.1 Å². The molecule has 0 bridgehead atoms. The van der Waals surface area contributed by atoms with Gasteiger partial charge in [-0.2, -0.15) is 0 Å². The smallest absolute Gasteiger partial charge is 0.306 e. The number of aromatic nitrogens is 1. The number of carbonyl (C=O) groups excluding carboxylic acids is 1. The molecule has 0 aliphatic carbocycles. The molecule has 1 aliphatic rings. The van der Waals surface area contributed by atoms with Crippen LogP contribution in [0.1, 0.15) is 24.8 Å². The molecule has 0 saturated carbocycles. The van der Waals surface area contributed by atoms with Crippen molar-refractivity contribution in [3.05, 3.63) is 30.1 Å². The molecule has 5 nitrogen and oxygen atoms in total. The Bertz CT molecular complexity index is 476. The quantitative estimate of drug-likeness (QED) is 0.835. The monoisotopic (exact) mass is 277 g/mol. The first-order valence-electron chi connectivity index (χ1n) is 7.02. The largest absolute Gasteiger partial charge is 0.481 e. The Labute approximate surface area is 118 Å². The van der Waals surface area contributed by atoms with Gasteiger partial charge >= 0.3 is 5.97 Å². The fourth-order valence-corrected chi connectivity index (χ4v) is 2.44. The van der Waals surface area contributed by atoms with Crippen LogP contribution in [0.3, 0.4) is 0 Å². The standard InChI is InChI=1S/C15H20N2O3/c1-12-2-7-16(8-3-12)9-6-14(18)17-10-4-13(5-11-17)15(19)20/h2-3,7-8,13H,4-6,9-11H2,1H3/p+1. The molecule has 0 unspecified atom stereocenters. The summed E-state index contributed by atoms with van der Waals surface area (Å²) >= 11 is 0. The molecule has 108 valence electrons. The molecule has 1 aromatic heterocycles. The first-order chi connectivity index (χ1) is 9.56. The van der Waals surface area contributed by atoms with E-state index in [-0.39, 0.29) is 11.8 Å². The van der Waals surface area contributed by atoms with Gasteiger partial charge < -0.3 is 10.0 Å². The van der Waals surface area contributed by atoms with E-state index in [1.807, 2.05) is 36.0 Å². The lowest BCUT2D eigenvalue weighted by molar-refractivity contribution is -0.696. The number of carbonyl (C=O) groups is 2. The van der Waals surface area contributed by atoms with Gasteiger partial charge in [-0.15, -0.1) is 0 Å². The zero-order chi connectivity index (χ0) is 14.5. The van der Waals surface area contributed by atoms with Crippen molar-refractivity contribution in [2.75, 3.05) is 13.1 Å². The van der Waals surface area contributed by atoms with Gasteiger partial charge in [0.2, 0.25) is 5.91 Å². The topological polar surface area (TPSA) is 61.5 Å². The minimum Gasteiger partial charge on any atom is -0.481 e. The number of aryl methyl sites for hydroxylation is 2. The Hall–Kier alpha value is -1.91. The lowest BCUT2D eigenvalue weighted by atomic mass is 9.97. The van der Waals surface area contributed by atoms with Gasteiger partial charge in [-0.1, -0.05) is 0 Å². The van der Waals surface area contributed by atoms with Gasteiger partial charge in [0.15, 0.2) is 18.9 Å². The third-order valence-electron chi connectivity index (χ3n) is 3.84. The van der Waals surface area contributed by atoms with Crippen LogP contribution in [0.2, 0.25) is 0 Å². The van der Waals surface area contributed by atoms with Gasteiger partial charge in [0, 0.05) is 25.2 Å². The molecular formula is C15H21N2O3+. The number of carboxylic acids is 1. The maximum Gasteiger partial charge on any atom is 0.306 e. The van der Waals surface area contributed by atoms with E-state index in [1.54, 1.807) is 4.90 Å². The SMILES string of the molecule is Cc1cc[n+](CCC(=O)N2CCC(C(=O)O)CC2)cc1. The Morgan fingerprint density at radius 2 is 1.90 bits per heavy atom. The molecule has 0 spiro atoms. The van der Waals surface area contributed by atoms with Gasteiger partial charge in [-0.05, 0) is 25.3 Å². The second-order valence-electron chi connectivity index (χ2n) is 5.36. The Balaban J connectivity index is 1.78. The van der Waals surface area contributed by atoms with Gasteiger partial charge in [-0.3, -0.25) is 9.59 Å². The number of amides is 1. The van der Waals surface area contributed by atoms with Gasteiger partial charge in [0.25, 0.3) is 0 Å². The predicted molar refractivity (Wildman–Crippen MR) is 72.9 cm³/mol. The third-order valence-corrected chi connectivity index (χ3v) is 3.84. The molecule has 1 fully saturated rings. The van der Waals surface area contributed by atoms with Crippen molar-refractivity contribution in [1.29, 1.82) is 0 Å². The molecular weight excluding hydrogens is 256 g/mol. The van der Waals surface area contributed by atoms with Crippen LogP contribution in [-0.4, -0.2) is 35.0 Å². The van der Waals surface area contributed by atoms with Crippen molar-refractivity contribution in [2.24, 2.45) is 5.92 Å². The summed E-state index contributed by atoms with van der Waals surface area (Å²) in [5.41, 5.74) is 1.20. The van der Waals surface area contributed by atoms with Gasteiger partial charge in [0.05, 0.1) is 12.3 Å². The maximum absolute atomic E-state index is 12.1. The number of hydrogen-bond donors (Lipinski definition) is 1. The normalized spacial score (nSPS) is 16.1. The molecule has 1 saturated heterocycles. The Kier molecular flexibility index (Phi) is 4.71. The van der Waals surface area contributed by atoms with Crippen molar-refractivity contribution in [2.45, 2.75) is 32.7 Å².